The highest BCUT2D eigenvalue weighted by Crippen LogP contribution is 2.28. The molecular weight excluding hydrogens is 480 g/mol. The number of aliphatic carboxylic acids is 1. The molecule has 1 aliphatic carbocycles. The Balaban J connectivity index is 1.88. The number of carboxylic acids is 1. The second-order valence-corrected chi connectivity index (χ2v) is 10.4. The van der Waals surface area contributed by atoms with Crippen LogP contribution in [0.3, 0.4) is 0 Å². The number of alkyl carbamates (subject to hydrolysis) is 1. The minimum absolute atomic E-state index is 0.132. The second kappa shape index (κ2) is 13.6. The van der Waals surface area contributed by atoms with Crippen molar-refractivity contribution in [1.82, 2.24) is 16.0 Å². The molecule has 204 valence electrons. The number of carbonyl (C=O) groups excluding carboxylic acids is 4. The van der Waals surface area contributed by atoms with Crippen LogP contribution >= 0.6 is 0 Å². The number of hydrogen-bond acceptors (Lipinski definition) is 6. The Kier molecular flexibility index (Phi) is 10.9. The zero-order chi connectivity index (χ0) is 27.6. The van der Waals surface area contributed by atoms with Crippen molar-refractivity contribution in [3.05, 3.63) is 35.9 Å². The topological polar surface area (TPSA) is 177 Å². The molecule has 0 unspecified atom stereocenters. The van der Waals surface area contributed by atoms with Crippen molar-refractivity contribution in [2.45, 2.75) is 77.0 Å². The van der Waals surface area contributed by atoms with E-state index in [2.05, 4.69) is 16.0 Å². The fourth-order valence-corrected chi connectivity index (χ4v) is 4.20. The standard InChI is InChI=1S/C26H38N4O7/c1-26(2,3)37-25(36)30-19(13-16-7-5-4-6-8-16)23(33)28-15-17-9-11-18(12-10-17)22(32)29-20(24(34)35)14-21(27)31/h4-8,17-20H,9-15H2,1-3H3,(H2,27,31)(H,28,33)(H,29,32)(H,30,36)(H,34,35)/t17?,18?,19-,20+/m0/s1. The number of amides is 4. The fourth-order valence-electron chi connectivity index (χ4n) is 4.20. The zero-order valence-electron chi connectivity index (χ0n) is 21.6. The number of carbonyl (C=O) groups is 5. The van der Waals surface area contributed by atoms with Crippen LogP contribution in [-0.4, -0.2) is 59.1 Å². The van der Waals surface area contributed by atoms with E-state index >= 15 is 0 Å². The lowest BCUT2D eigenvalue weighted by Crippen LogP contribution is -2.50. The molecule has 1 aliphatic rings. The molecule has 37 heavy (non-hydrogen) atoms. The van der Waals surface area contributed by atoms with Crippen LogP contribution in [0.25, 0.3) is 0 Å². The third kappa shape index (κ3) is 10.9. The number of rotatable bonds is 11. The molecular formula is C26H38N4O7. The fraction of sp³-hybridized carbons (Fsp3) is 0.577. The lowest BCUT2D eigenvalue weighted by Gasteiger charge is -2.29. The van der Waals surface area contributed by atoms with E-state index in [1.807, 2.05) is 30.3 Å². The van der Waals surface area contributed by atoms with Gasteiger partial charge in [0.1, 0.15) is 17.7 Å². The van der Waals surface area contributed by atoms with Crippen LogP contribution in [-0.2, 0) is 30.3 Å². The second-order valence-electron chi connectivity index (χ2n) is 10.4. The Labute approximate surface area is 216 Å². The SMILES string of the molecule is CC(C)(C)OC(=O)N[C@@H](Cc1ccccc1)C(=O)NCC1CCC(C(=O)N[C@H](CC(N)=O)C(=O)O)CC1. The highest BCUT2D eigenvalue weighted by atomic mass is 16.6. The van der Waals surface area contributed by atoms with Gasteiger partial charge < -0.3 is 31.5 Å². The molecule has 1 fully saturated rings. The third-order valence-electron chi connectivity index (χ3n) is 6.09. The van der Waals surface area contributed by atoms with E-state index < -0.39 is 48.0 Å². The first-order valence-corrected chi connectivity index (χ1v) is 12.5. The van der Waals surface area contributed by atoms with Crippen LogP contribution in [0.2, 0.25) is 0 Å². The first-order chi connectivity index (χ1) is 17.3. The Bertz CT molecular complexity index is 953. The van der Waals surface area contributed by atoms with Gasteiger partial charge in [0, 0.05) is 18.9 Å². The van der Waals surface area contributed by atoms with Crippen LogP contribution in [0, 0.1) is 11.8 Å². The predicted octanol–water partition coefficient (Wildman–Crippen LogP) is 1.49. The number of carboxylic acid groups (broad SMARTS) is 1. The van der Waals surface area contributed by atoms with Gasteiger partial charge in [-0.25, -0.2) is 9.59 Å². The van der Waals surface area contributed by atoms with E-state index in [0.29, 0.717) is 38.6 Å². The highest BCUT2D eigenvalue weighted by molar-refractivity contribution is 5.89. The Morgan fingerprint density at radius 1 is 1.00 bits per heavy atom. The van der Waals surface area contributed by atoms with Gasteiger partial charge in [-0.1, -0.05) is 30.3 Å². The minimum Gasteiger partial charge on any atom is -0.480 e. The summed E-state index contributed by atoms with van der Waals surface area (Å²) in [6.45, 7) is 5.62. The van der Waals surface area contributed by atoms with Crippen molar-refractivity contribution in [2.24, 2.45) is 17.6 Å². The van der Waals surface area contributed by atoms with Crippen LogP contribution < -0.4 is 21.7 Å². The number of hydrogen-bond donors (Lipinski definition) is 5. The normalized spacial score (nSPS) is 19.1. The predicted molar refractivity (Wildman–Crippen MR) is 135 cm³/mol. The molecule has 2 rings (SSSR count). The highest BCUT2D eigenvalue weighted by Gasteiger charge is 2.31. The molecule has 1 aromatic rings. The molecule has 6 N–H and O–H groups in total. The molecule has 0 saturated heterocycles. The van der Waals surface area contributed by atoms with Crippen LogP contribution in [0.1, 0.15) is 58.4 Å². The van der Waals surface area contributed by atoms with Gasteiger partial charge in [0.25, 0.3) is 0 Å². The molecule has 0 bridgehead atoms. The van der Waals surface area contributed by atoms with E-state index in [0.717, 1.165) is 5.56 Å². The van der Waals surface area contributed by atoms with Crippen molar-refractivity contribution in [2.75, 3.05) is 6.54 Å². The van der Waals surface area contributed by atoms with Crippen LogP contribution in [0.4, 0.5) is 4.79 Å². The molecule has 0 aliphatic heterocycles. The molecule has 0 spiro atoms. The first kappa shape index (κ1) is 29.6. The summed E-state index contributed by atoms with van der Waals surface area (Å²) in [5.74, 6) is -3.10. The van der Waals surface area contributed by atoms with E-state index in [9.17, 15) is 29.1 Å². The summed E-state index contributed by atoms with van der Waals surface area (Å²) in [6.07, 6.45) is 1.53. The molecule has 1 saturated carbocycles. The largest absolute Gasteiger partial charge is 0.480 e. The summed E-state index contributed by atoms with van der Waals surface area (Å²) >= 11 is 0. The smallest absolute Gasteiger partial charge is 0.408 e. The van der Waals surface area contributed by atoms with Gasteiger partial charge in [-0.15, -0.1) is 0 Å². The van der Waals surface area contributed by atoms with Gasteiger partial charge in [0.2, 0.25) is 17.7 Å². The third-order valence-corrected chi connectivity index (χ3v) is 6.09. The quantitative estimate of drug-likeness (QED) is 0.295. The van der Waals surface area contributed by atoms with Crippen molar-refractivity contribution < 1.29 is 33.8 Å². The summed E-state index contributed by atoms with van der Waals surface area (Å²) < 4.78 is 5.32. The molecule has 11 heteroatoms. The molecule has 0 radical (unpaired) electrons. The molecule has 0 heterocycles. The monoisotopic (exact) mass is 518 g/mol. The molecule has 1 aromatic carbocycles. The zero-order valence-corrected chi connectivity index (χ0v) is 21.6. The summed E-state index contributed by atoms with van der Waals surface area (Å²) in [7, 11) is 0. The Morgan fingerprint density at radius 2 is 1.62 bits per heavy atom. The maximum Gasteiger partial charge on any atom is 0.408 e. The van der Waals surface area contributed by atoms with Crippen molar-refractivity contribution in [3.8, 4) is 0 Å². The average molecular weight is 519 g/mol. The summed E-state index contributed by atoms with van der Waals surface area (Å²) in [4.78, 5) is 60.1. The summed E-state index contributed by atoms with van der Waals surface area (Å²) in [6, 6.07) is 7.18. The maximum absolute atomic E-state index is 13.0. The summed E-state index contributed by atoms with van der Waals surface area (Å²) in [5.41, 5.74) is 5.25. The van der Waals surface area contributed by atoms with Crippen LogP contribution in [0.5, 0.6) is 0 Å². The van der Waals surface area contributed by atoms with Gasteiger partial charge in [-0.05, 0) is 57.9 Å². The van der Waals surface area contributed by atoms with E-state index in [4.69, 9.17) is 10.5 Å². The van der Waals surface area contributed by atoms with Gasteiger partial charge >= 0.3 is 12.1 Å². The lowest BCUT2D eigenvalue weighted by molar-refractivity contribution is -0.144. The Hall–Kier alpha value is -3.63. The van der Waals surface area contributed by atoms with E-state index in [1.54, 1.807) is 20.8 Å². The van der Waals surface area contributed by atoms with Gasteiger partial charge in [-0.2, -0.15) is 0 Å². The number of benzene rings is 1. The molecule has 2 atom stereocenters. The lowest BCUT2D eigenvalue weighted by atomic mass is 9.81. The molecule has 11 nitrogen and oxygen atoms in total. The van der Waals surface area contributed by atoms with Gasteiger partial charge in [-0.3, -0.25) is 14.4 Å². The Morgan fingerprint density at radius 3 is 2.16 bits per heavy atom. The van der Waals surface area contributed by atoms with Crippen molar-refractivity contribution >= 4 is 29.8 Å². The number of nitrogens with two attached hydrogens (primary N) is 1. The average Bonchev–Trinajstić information content (AvgIpc) is 2.81. The van der Waals surface area contributed by atoms with Crippen molar-refractivity contribution in [1.29, 1.82) is 0 Å². The maximum atomic E-state index is 13.0. The van der Waals surface area contributed by atoms with Crippen LogP contribution in [0.15, 0.2) is 30.3 Å². The number of nitrogens with one attached hydrogen (secondary N) is 3. The molecule has 4 amide bonds. The minimum atomic E-state index is -1.35. The summed E-state index contributed by atoms with van der Waals surface area (Å²) in [5, 5.41) is 17.2. The van der Waals surface area contributed by atoms with Crippen molar-refractivity contribution in [3.63, 3.8) is 0 Å². The van der Waals surface area contributed by atoms with E-state index in [1.165, 1.54) is 0 Å². The first-order valence-electron chi connectivity index (χ1n) is 12.5. The van der Waals surface area contributed by atoms with E-state index in [-0.39, 0.29) is 17.7 Å². The number of ether oxygens (including phenoxy) is 1. The van der Waals surface area contributed by atoms with Gasteiger partial charge in [0.05, 0.1) is 6.42 Å². The van der Waals surface area contributed by atoms with Gasteiger partial charge in [0.15, 0.2) is 0 Å². The molecule has 0 aromatic heterocycles. The number of primary amides is 1.